The Hall–Kier alpha value is -1.66. The molecule has 0 aliphatic carbocycles. The molecule has 0 fully saturated rings. The average Bonchev–Trinajstić information content (AvgIpc) is 2.68. The summed E-state index contributed by atoms with van der Waals surface area (Å²) in [6.07, 6.45) is -0.652. The van der Waals surface area contributed by atoms with Crippen LogP contribution in [0.25, 0.3) is 0 Å². The first kappa shape index (κ1) is 29.3. The smallest absolute Gasteiger partial charge is 0.466 e. The number of ether oxygens (including phenoxy) is 1. The predicted octanol–water partition coefficient (Wildman–Crippen LogP) is -0.0872. The van der Waals surface area contributed by atoms with Crippen molar-refractivity contribution in [2.45, 2.75) is 6.10 Å². The molecule has 176 valence electrons. The van der Waals surface area contributed by atoms with E-state index in [4.69, 9.17) is 43.2 Å². The molecule has 0 saturated heterocycles. The number of rotatable bonds is 7. The van der Waals surface area contributed by atoms with Crippen LogP contribution in [0.4, 0.5) is 0 Å². The van der Waals surface area contributed by atoms with Crippen LogP contribution in [0.15, 0.2) is 60.7 Å². The zero-order valence-corrected chi connectivity index (χ0v) is 17.9. The Morgan fingerprint density at radius 3 is 1.32 bits per heavy atom. The van der Waals surface area contributed by atoms with Crippen molar-refractivity contribution in [2.24, 2.45) is 5.41 Å². The topological polar surface area (TPSA) is 225 Å². The van der Waals surface area contributed by atoms with E-state index in [1.165, 1.54) is 0 Å². The molecule has 31 heavy (non-hydrogen) atoms. The van der Waals surface area contributed by atoms with E-state index >= 15 is 0 Å². The largest absolute Gasteiger partial charge is 0.485 e. The summed E-state index contributed by atoms with van der Waals surface area (Å²) in [5, 5.41) is 29.1. The number of hydrogen-bond donors (Lipinski definition) is 9. The molecule has 2 aromatic carbocycles. The highest BCUT2D eigenvalue weighted by Crippen LogP contribution is 2.37. The summed E-state index contributed by atoms with van der Waals surface area (Å²) in [5.74, 6) is 0.617. The van der Waals surface area contributed by atoms with Crippen molar-refractivity contribution in [1.82, 2.24) is 0 Å². The van der Waals surface area contributed by atoms with Crippen LogP contribution in [0.5, 0.6) is 5.75 Å². The number of hydrogen-bond acceptors (Lipinski definition) is 6. The lowest BCUT2D eigenvalue weighted by Crippen LogP contribution is -2.42. The first-order valence-electron chi connectivity index (χ1n) is 8.41. The highest BCUT2D eigenvalue weighted by Gasteiger charge is 2.40. The van der Waals surface area contributed by atoms with Gasteiger partial charge in [-0.2, -0.15) is 0 Å². The molecule has 2 rings (SSSR count). The van der Waals surface area contributed by atoms with Gasteiger partial charge in [0.25, 0.3) is 0 Å². The van der Waals surface area contributed by atoms with Gasteiger partial charge in [0.05, 0.1) is 25.2 Å². The SMILES string of the molecule is O=P(O)(O)O.O=P(O)(O)O.OCC(CO)(CO)C(Oc1ccccc1)c1ccccc1. The van der Waals surface area contributed by atoms with E-state index < -0.39 is 27.2 Å². The maximum atomic E-state index is 9.69. The number of para-hydroxylation sites is 1. The molecule has 2 aromatic rings. The molecule has 14 heteroatoms. The van der Waals surface area contributed by atoms with Crippen LogP contribution >= 0.6 is 15.6 Å². The molecule has 0 saturated carbocycles. The molecule has 0 aliphatic heterocycles. The Labute approximate surface area is 178 Å². The third-order valence-corrected chi connectivity index (χ3v) is 3.60. The summed E-state index contributed by atoms with van der Waals surface area (Å²) >= 11 is 0. The third kappa shape index (κ3) is 14.1. The molecule has 0 aromatic heterocycles. The average molecular weight is 484 g/mol. The monoisotopic (exact) mass is 484 g/mol. The van der Waals surface area contributed by atoms with E-state index in [9.17, 15) is 15.3 Å². The summed E-state index contributed by atoms with van der Waals surface area (Å²) in [6, 6.07) is 18.4. The van der Waals surface area contributed by atoms with E-state index in [1.54, 1.807) is 12.1 Å². The molecular weight excluding hydrogens is 458 g/mol. The minimum Gasteiger partial charge on any atom is -0.485 e. The molecule has 0 aliphatic rings. The number of phosphoric acid groups is 2. The van der Waals surface area contributed by atoms with Crippen molar-refractivity contribution in [3.05, 3.63) is 66.2 Å². The second-order valence-electron chi connectivity index (χ2n) is 6.08. The normalized spacial score (nSPS) is 12.5. The molecule has 0 amide bonds. The maximum absolute atomic E-state index is 9.69. The minimum atomic E-state index is -4.64. The van der Waals surface area contributed by atoms with Gasteiger partial charge in [-0.3, -0.25) is 0 Å². The number of benzene rings is 2. The second kappa shape index (κ2) is 13.7. The van der Waals surface area contributed by atoms with Gasteiger partial charge in [-0.1, -0.05) is 48.5 Å². The van der Waals surface area contributed by atoms with Gasteiger partial charge in [0, 0.05) is 0 Å². The Balaban J connectivity index is 0.000000752. The lowest BCUT2D eigenvalue weighted by molar-refractivity contribution is -0.0742. The van der Waals surface area contributed by atoms with Gasteiger partial charge < -0.3 is 49.4 Å². The summed E-state index contributed by atoms with van der Waals surface area (Å²) < 4.78 is 23.7. The zero-order valence-electron chi connectivity index (χ0n) is 16.1. The fourth-order valence-electron chi connectivity index (χ4n) is 2.21. The van der Waals surface area contributed by atoms with Gasteiger partial charge in [-0.25, -0.2) is 9.13 Å². The van der Waals surface area contributed by atoms with Gasteiger partial charge >= 0.3 is 15.6 Å². The molecule has 0 spiro atoms. The fourth-order valence-corrected chi connectivity index (χ4v) is 2.21. The van der Waals surface area contributed by atoms with E-state index in [-0.39, 0.29) is 19.8 Å². The molecular formula is C17H26O12P2. The molecule has 1 unspecified atom stereocenters. The van der Waals surface area contributed by atoms with Crippen LogP contribution in [0.1, 0.15) is 11.7 Å². The molecule has 0 radical (unpaired) electrons. The Morgan fingerprint density at radius 2 is 1.00 bits per heavy atom. The summed E-state index contributed by atoms with van der Waals surface area (Å²) in [6.45, 7) is -1.15. The molecule has 1 atom stereocenters. The highest BCUT2D eigenvalue weighted by molar-refractivity contribution is 7.45. The van der Waals surface area contributed by atoms with Crippen LogP contribution in [0, 0.1) is 5.41 Å². The molecule has 9 N–H and O–H groups in total. The van der Waals surface area contributed by atoms with Crippen molar-refractivity contribution in [3.8, 4) is 5.75 Å². The third-order valence-electron chi connectivity index (χ3n) is 3.60. The molecule has 0 heterocycles. The lowest BCUT2D eigenvalue weighted by Gasteiger charge is -2.36. The van der Waals surface area contributed by atoms with Crippen LogP contribution in [-0.4, -0.2) is 64.5 Å². The highest BCUT2D eigenvalue weighted by atomic mass is 31.2. The number of aliphatic hydroxyl groups excluding tert-OH is 3. The van der Waals surface area contributed by atoms with E-state index in [2.05, 4.69) is 0 Å². The lowest BCUT2D eigenvalue weighted by atomic mass is 9.80. The van der Waals surface area contributed by atoms with E-state index in [1.807, 2.05) is 48.5 Å². The van der Waals surface area contributed by atoms with Crippen LogP contribution in [0.2, 0.25) is 0 Å². The van der Waals surface area contributed by atoms with Crippen LogP contribution in [0.3, 0.4) is 0 Å². The summed E-state index contributed by atoms with van der Waals surface area (Å²) in [5.41, 5.74) is -0.365. The quantitative estimate of drug-likeness (QED) is 0.235. The Bertz CT molecular complexity index is 773. The minimum absolute atomic E-state index is 0.383. The van der Waals surface area contributed by atoms with Gasteiger partial charge in [-0.05, 0) is 17.7 Å². The van der Waals surface area contributed by atoms with Gasteiger partial charge in [0.15, 0.2) is 0 Å². The van der Waals surface area contributed by atoms with Crippen molar-refractivity contribution < 1.29 is 58.5 Å². The van der Waals surface area contributed by atoms with Gasteiger partial charge in [0.1, 0.15) is 11.9 Å². The zero-order chi connectivity index (χ0) is 24.1. The van der Waals surface area contributed by atoms with Crippen molar-refractivity contribution in [2.75, 3.05) is 19.8 Å². The van der Waals surface area contributed by atoms with E-state index in [0.717, 1.165) is 5.56 Å². The molecule has 0 bridgehead atoms. The first-order valence-corrected chi connectivity index (χ1v) is 11.5. The van der Waals surface area contributed by atoms with Crippen LogP contribution < -0.4 is 4.74 Å². The number of aliphatic hydroxyl groups is 3. The predicted molar refractivity (Wildman–Crippen MR) is 108 cm³/mol. The van der Waals surface area contributed by atoms with E-state index in [0.29, 0.717) is 5.75 Å². The van der Waals surface area contributed by atoms with Gasteiger partial charge in [0.2, 0.25) is 0 Å². The maximum Gasteiger partial charge on any atom is 0.466 e. The van der Waals surface area contributed by atoms with Gasteiger partial charge in [-0.15, -0.1) is 0 Å². The second-order valence-corrected chi connectivity index (χ2v) is 8.14. The Morgan fingerprint density at radius 1 is 0.677 bits per heavy atom. The fraction of sp³-hybridized carbons (Fsp3) is 0.294. The Kier molecular flexibility index (Phi) is 13.0. The van der Waals surface area contributed by atoms with Crippen molar-refractivity contribution in [3.63, 3.8) is 0 Å². The first-order chi connectivity index (χ1) is 14.3. The molecule has 12 nitrogen and oxygen atoms in total. The standard InChI is InChI=1S/C17H20O4.2H3O4P/c18-11-17(12-19,13-20)16(14-7-3-1-4-8-14)21-15-9-5-2-6-10-15;2*1-5(2,3)4/h1-10,16,18-20H,11-13H2;2*(H3,1,2,3,4). The van der Waals surface area contributed by atoms with Crippen molar-refractivity contribution >= 4 is 15.6 Å². The summed E-state index contributed by atoms with van der Waals surface area (Å²) in [7, 11) is -9.28. The van der Waals surface area contributed by atoms with Crippen LogP contribution in [-0.2, 0) is 9.13 Å². The van der Waals surface area contributed by atoms with Crippen molar-refractivity contribution in [1.29, 1.82) is 0 Å². The summed E-state index contributed by atoms with van der Waals surface area (Å²) in [4.78, 5) is 43.1.